The lowest BCUT2D eigenvalue weighted by molar-refractivity contribution is 0.102. The van der Waals surface area contributed by atoms with Crippen LogP contribution in [0.3, 0.4) is 0 Å². The summed E-state index contributed by atoms with van der Waals surface area (Å²) in [5, 5.41) is 11.4. The SMILES string of the molecule is CCc1c(C)nn(C)c1NC(=O)c1cc2ncccn2n1. The van der Waals surface area contributed by atoms with E-state index in [1.807, 2.05) is 20.9 Å². The van der Waals surface area contributed by atoms with Crippen LogP contribution in [0.5, 0.6) is 0 Å². The van der Waals surface area contributed by atoms with Gasteiger partial charge in [-0.15, -0.1) is 0 Å². The molecular weight excluding hydrogens is 268 g/mol. The van der Waals surface area contributed by atoms with Crippen LogP contribution < -0.4 is 5.32 Å². The zero-order valence-electron chi connectivity index (χ0n) is 12.2. The van der Waals surface area contributed by atoms with E-state index in [0.717, 1.165) is 17.7 Å². The summed E-state index contributed by atoms with van der Waals surface area (Å²) in [4.78, 5) is 16.5. The summed E-state index contributed by atoms with van der Waals surface area (Å²) < 4.78 is 3.25. The Morgan fingerprint density at radius 3 is 2.90 bits per heavy atom. The molecule has 0 spiro atoms. The Labute approximate surface area is 121 Å². The molecule has 3 heterocycles. The van der Waals surface area contributed by atoms with Crippen LogP contribution >= 0.6 is 0 Å². The van der Waals surface area contributed by atoms with E-state index in [-0.39, 0.29) is 5.91 Å². The van der Waals surface area contributed by atoms with Crippen LogP contribution in [-0.4, -0.2) is 30.3 Å². The van der Waals surface area contributed by atoms with E-state index >= 15 is 0 Å². The Balaban J connectivity index is 1.93. The van der Waals surface area contributed by atoms with Crippen LogP contribution in [-0.2, 0) is 13.5 Å². The highest BCUT2D eigenvalue weighted by Crippen LogP contribution is 2.20. The molecule has 0 aliphatic heterocycles. The number of hydrogen-bond acceptors (Lipinski definition) is 4. The normalized spacial score (nSPS) is 11.0. The second-order valence-electron chi connectivity index (χ2n) is 4.80. The minimum Gasteiger partial charge on any atom is -0.305 e. The zero-order chi connectivity index (χ0) is 15.0. The molecular formula is C14H16N6O. The van der Waals surface area contributed by atoms with Gasteiger partial charge in [0.05, 0.1) is 5.69 Å². The van der Waals surface area contributed by atoms with E-state index in [1.165, 1.54) is 0 Å². The molecule has 0 saturated heterocycles. The number of carbonyl (C=O) groups excluding carboxylic acids is 1. The fourth-order valence-electron chi connectivity index (χ4n) is 2.39. The van der Waals surface area contributed by atoms with E-state index in [4.69, 9.17) is 0 Å². The third-order valence-corrected chi connectivity index (χ3v) is 3.40. The van der Waals surface area contributed by atoms with Gasteiger partial charge in [0, 0.05) is 31.1 Å². The Morgan fingerprint density at radius 2 is 2.19 bits per heavy atom. The number of fused-ring (bicyclic) bond motifs is 1. The summed E-state index contributed by atoms with van der Waals surface area (Å²) in [6, 6.07) is 3.42. The standard InChI is InChI=1S/C14H16N6O/c1-4-10-9(2)17-19(3)13(10)16-14(21)11-8-12-15-6-5-7-20(12)18-11/h5-8H,4H2,1-3H3,(H,16,21). The molecule has 0 bridgehead atoms. The maximum Gasteiger partial charge on any atom is 0.277 e. The molecule has 0 aliphatic rings. The molecule has 7 nitrogen and oxygen atoms in total. The highest BCUT2D eigenvalue weighted by molar-refractivity contribution is 6.03. The number of nitrogens with one attached hydrogen (secondary N) is 1. The first-order chi connectivity index (χ1) is 10.1. The highest BCUT2D eigenvalue weighted by atomic mass is 16.2. The van der Waals surface area contributed by atoms with Gasteiger partial charge >= 0.3 is 0 Å². The maximum absolute atomic E-state index is 12.4. The van der Waals surface area contributed by atoms with Gasteiger partial charge in [0.1, 0.15) is 5.82 Å². The molecule has 1 amide bonds. The molecule has 3 aromatic rings. The zero-order valence-corrected chi connectivity index (χ0v) is 12.2. The van der Waals surface area contributed by atoms with Gasteiger partial charge in [0.2, 0.25) is 0 Å². The predicted octanol–water partition coefficient (Wildman–Crippen LogP) is 1.59. The van der Waals surface area contributed by atoms with E-state index in [0.29, 0.717) is 17.2 Å². The Morgan fingerprint density at radius 1 is 1.38 bits per heavy atom. The fraction of sp³-hybridized carbons (Fsp3) is 0.286. The minimum atomic E-state index is -0.266. The topological polar surface area (TPSA) is 77.1 Å². The first-order valence-electron chi connectivity index (χ1n) is 6.74. The van der Waals surface area contributed by atoms with Crippen molar-refractivity contribution in [1.29, 1.82) is 0 Å². The van der Waals surface area contributed by atoms with E-state index in [1.54, 1.807) is 33.7 Å². The average Bonchev–Trinajstić information content (AvgIpc) is 3.00. The molecule has 0 unspecified atom stereocenters. The molecule has 3 rings (SSSR count). The van der Waals surface area contributed by atoms with Crippen LogP contribution in [0.15, 0.2) is 24.5 Å². The van der Waals surface area contributed by atoms with Gasteiger partial charge in [0.15, 0.2) is 11.3 Å². The monoisotopic (exact) mass is 284 g/mol. The number of hydrogen-bond donors (Lipinski definition) is 1. The predicted molar refractivity (Wildman–Crippen MR) is 78.3 cm³/mol. The van der Waals surface area contributed by atoms with Gasteiger partial charge in [-0.3, -0.25) is 9.48 Å². The summed E-state index contributed by atoms with van der Waals surface area (Å²) in [6.07, 6.45) is 4.23. The van der Waals surface area contributed by atoms with E-state index < -0.39 is 0 Å². The molecule has 0 fully saturated rings. The molecule has 3 aromatic heterocycles. The summed E-state index contributed by atoms with van der Waals surface area (Å²) in [5.74, 6) is 0.447. The number of nitrogens with zero attached hydrogens (tertiary/aromatic N) is 5. The lowest BCUT2D eigenvalue weighted by atomic mass is 10.2. The Kier molecular flexibility index (Phi) is 3.17. The molecule has 1 N–H and O–H groups in total. The van der Waals surface area contributed by atoms with Gasteiger partial charge in [-0.1, -0.05) is 6.92 Å². The molecule has 7 heteroatoms. The number of anilines is 1. The van der Waals surface area contributed by atoms with Crippen molar-refractivity contribution in [1.82, 2.24) is 24.4 Å². The second-order valence-corrected chi connectivity index (χ2v) is 4.80. The summed E-state index contributed by atoms with van der Waals surface area (Å²) >= 11 is 0. The third-order valence-electron chi connectivity index (χ3n) is 3.40. The smallest absolute Gasteiger partial charge is 0.277 e. The largest absolute Gasteiger partial charge is 0.305 e. The Hall–Kier alpha value is -2.70. The third kappa shape index (κ3) is 2.26. The summed E-state index contributed by atoms with van der Waals surface area (Å²) in [6.45, 7) is 3.97. The summed E-state index contributed by atoms with van der Waals surface area (Å²) in [7, 11) is 1.81. The van der Waals surface area contributed by atoms with Crippen molar-refractivity contribution in [2.24, 2.45) is 7.05 Å². The van der Waals surface area contributed by atoms with Crippen molar-refractivity contribution < 1.29 is 4.79 Å². The first kappa shape index (κ1) is 13.3. The van der Waals surface area contributed by atoms with Gasteiger partial charge in [-0.2, -0.15) is 10.2 Å². The van der Waals surface area contributed by atoms with Gasteiger partial charge in [-0.25, -0.2) is 9.50 Å². The number of amides is 1. The van der Waals surface area contributed by atoms with Crippen LogP contribution in [0.1, 0.15) is 28.7 Å². The second kappa shape index (κ2) is 5.01. The highest BCUT2D eigenvalue weighted by Gasteiger charge is 2.17. The van der Waals surface area contributed by atoms with E-state index in [2.05, 4.69) is 20.5 Å². The van der Waals surface area contributed by atoms with Gasteiger partial charge in [-0.05, 0) is 19.4 Å². The van der Waals surface area contributed by atoms with Crippen molar-refractivity contribution in [3.8, 4) is 0 Å². The first-order valence-corrected chi connectivity index (χ1v) is 6.74. The minimum absolute atomic E-state index is 0.266. The lowest BCUT2D eigenvalue weighted by Crippen LogP contribution is -2.16. The van der Waals surface area contributed by atoms with Crippen LogP contribution in [0.2, 0.25) is 0 Å². The van der Waals surface area contributed by atoms with Crippen molar-refractivity contribution in [3.05, 3.63) is 41.5 Å². The molecule has 0 aromatic carbocycles. The maximum atomic E-state index is 12.4. The van der Waals surface area contributed by atoms with Crippen LogP contribution in [0.4, 0.5) is 5.82 Å². The van der Waals surface area contributed by atoms with Crippen molar-refractivity contribution in [2.75, 3.05) is 5.32 Å². The quantitative estimate of drug-likeness (QED) is 0.792. The Bertz CT molecular complexity index is 783. The number of aromatic nitrogens is 5. The van der Waals surface area contributed by atoms with E-state index in [9.17, 15) is 4.79 Å². The molecule has 0 atom stereocenters. The number of rotatable bonds is 3. The molecule has 21 heavy (non-hydrogen) atoms. The lowest BCUT2D eigenvalue weighted by Gasteiger charge is -2.05. The van der Waals surface area contributed by atoms with Gasteiger partial charge in [0.25, 0.3) is 5.91 Å². The number of carbonyl (C=O) groups is 1. The number of aryl methyl sites for hydroxylation is 2. The molecule has 0 aliphatic carbocycles. The molecule has 0 saturated carbocycles. The molecule has 0 radical (unpaired) electrons. The van der Waals surface area contributed by atoms with Crippen molar-refractivity contribution >= 4 is 17.4 Å². The molecule has 108 valence electrons. The van der Waals surface area contributed by atoms with Crippen molar-refractivity contribution in [2.45, 2.75) is 20.3 Å². The van der Waals surface area contributed by atoms with Crippen molar-refractivity contribution in [3.63, 3.8) is 0 Å². The fourth-order valence-corrected chi connectivity index (χ4v) is 2.39. The average molecular weight is 284 g/mol. The summed E-state index contributed by atoms with van der Waals surface area (Å²) in [5.41, 5.74) is 2.92. The van der Waals surface area contributed by atoms with Crippen LogP contribution in [0, 0.1) is 6.92 Å². The van der Waals surface area contributed by atoms with Crippen LogP contribution in [0.25, 0.3) is 5.65 Å². The van der Waals surface area contributed by atoms with Gasteiger partial charge < -0.3 is 5.32 Å².